The van der Waals surface area contributed by atoms with Crippen molar-refractivity contribution in [1.82, 2.24) is 4.90 Å². The van der Waals surface area contributed by atoms with Crippen LogP contribution in [0.4, 0.5) is 8.78 Å². The Morgan fingerprint density at radius 1 is 1.35 bits per heavy atom. The van der Waals surface area contributed by atoms with Crippen molar-refractivity contribution in [3.63, 3.8) is 0 Å². The molecule has 20 heavy (non-hydrogen) atoms. The summed E-state index contributed by atoms with van der Waals surface area (Å²) in [5.74, 6) is -2.02. The molecule has 0 aromatic heterocycles. The Morgan fingerprint density at radius 3 is 2.65 bits per heavy atom. The van der Waals surface area contributed by atoms with Crippen LogP contribution in [-0.2, 0) is 11.3 Å². The SMILES string of the molecule is CCN(Cc1ccc(F)c(F)c1)C(=O)C1C=CC(N)C1. The van der Waals surface area contributed by atoms with E-state index in [1.165, 1.54) is 6.07 Å². The number of nitrogens with two attached hydrogens (primary N) is 1. The minimum absolute atomic E-state index is 0.0265. The van der Waals surface area contributed by atoms with Crippen molar-refractivity contribution in [2.24, 2.45) is 11.7 Å². The zero-order valence-electron chi connectivity index (χ0n) is 11.4. The zero-order valence-corrected chi connectivity index (χ0v) is 11.4. The Hall–Kier alpha value is -1.75. The number of rotatable bonds is 4. The maximum absolute atomic E-state index is 13.2. The highest BCUT2D eigenvalue weighted by atomic mass is 19.2. The van der Waals surface area contributed by atoms with Crippen LogP contribution in [-0.4, -0.2) is 23.4 Å². The molecule has 5 heteroatoms. The van der Waals surface area contributed by atoms with Gasteiger partial charge in [0.25, 0.3) is 0 Å². The van der Waals surface area contributed by atoms with Gasteiger partial charge in [-0.15, -0.1) is 0 Å². The standard InChI is InChI=1S/C15H18F2N2O/c1-2-19(15(20)11-4-5-12(18)8-11)9-10-3-6-13(16)14(17)7-10/h3-7,11-12H,2,8-9,18H2,1H3. The Labute approximate surface area is 117 Å². The fraction of sp³-hybridized carbons (Fsp3) is 0.400. The molecule has 0 spiro atoms. The van der Waals surface area contributed by atoms with Gasteiger partial charge in [0.2, 0.25) is 5.91 Å². The largest absolute Gasteiger partial charge is 0.338 e. The molecule has 0 radical (unpaired) electrons. The van der Waals surface area contributed by atoms with E-state index in [2.05, 4.69) is 0 Å². The monoisotopic (exact) mass is 280 g/mol. The summed E-state index contributed by atoms with van der Waals surface area (Å²) >= 11 is 0. The highest BCUT2D eigenvalue weighted by molar-refractivity contribution is 5.81. The Balaban J connectivity index is 2.06. The summed E-state index contributed by atoms with van der Waals surface area (Å²) in [6.07, 6.45) is 4.25. The molecule has 2 unspecified atom stereocenters. The van der Waals surface area contributed by atoms with Crippen LogP contribution in [0.3, 0.4) is 0 Å². The molecule has 1 amide bonds. The molecule has 2 rings (SSSR count). The first-order chi connectivity index (χ1) is 9.51. The Kier molecular flexibility index (Phi) is 4.49. The van der Waals surface area contributed by atoms with Crippen molar-refractivity contribution in [3.8, 4) is 0 Å². The summed E-state index contributed by atoms with van der Waals surface area (Å²) in [6.45, 7) is 2.64. The molecule has 3 nitrogen and oxygen atoms in total. The predicted octanol–water partition coefficient (Wildman–Crippen LogP) is 2.22. The fourth-order valence-electron chi connectivity index (χ4n) is 2.35. The first-order valence-corrected chi connectivity index (χ1v) is 6.68. The first kappa shape index (κ1) is 14.7. The van der Waals surface area contributed by atoms with E-state index in [0.717, 1.165) is 12.1 Å². The minimum atomic E-state index is -0.895. The number of hydrogen-bond donors (Lipinski definition) is 1. The average molecular weight is 280 g/mol. The topological polar surface area (TPSA) is 46.3 Å². The number of carbonyl (C=O) groups is 1. The number of carbonyl (C=O) groups excluding carboxylic acids is 1. The summed E-state index contributed by atoms with van der Waals surface area (Å²) in [6, 6.07) is 3.62. The lowest BCUT2D eigenvalue weighted by molar-refractivity contribution is -0.134. The van der Waals surface area contributed by atoms with Gasteiger partial charge in [-0.05, 0) is 31.0 Å². The number of amides is 1. The molecule has 1 aliphatic rings. The minimum Gasteiger partial charge on any atom is -0.338 e. The van der Waals surface area contributed by atoms with Gasteiger partial charge in [-0.3, -0.25) is 4.79 Å². The molecule has 108 valence electrons. The van der Waals surface area contributed by atoms with Crippen LogP contribution in [0.1, 0.15) is 18.9 Å². The third-order valence-corrected chi connectivity index (χ3v) is 3.48. The van der Waals surface area contributed by atoms with Gasteiger partial charge in [0, 0.05) is 19.1 Å². The molecule has 1 aromatic rings. The molecule has 0 bridgehead atoms. The van der Waals surface area contributed by atoms with Gasteiger partial charge in [0.05, 0.1) is 5.92 Å². The lowest BCUT2D eigenvalue weighted by Crippen LogP contribution is -2.35. The second-order valence-electron chi connectivity index (χ2n) is 4.99. The highest BCUT2D eigenvalue weighted by Gasteiger charge is 2.26. The number of halogens is 2. The smallest absolute Gasteiger partial charge is 0.229 e. The molecular weight excluding hydrogens is 262 g/mol. The van der Waals surface area contributed by atoms with Gasteiger partial charge in [-0.25, -0.2) is 8.78 Å². The maximum Gasteiger partial charge on any atom is 0.229 e. The zero-order chi connectivity index (χ0) is 14.7. The quantitative estimate of drug-likeness (QED) is 0.860. The molecule has 2 N–H and O–H groups in total. The third-order valence-electron chi connectivity index (χ3n) is 3.48. The van der Waals surface area contributed by atoms with E-state index in [1.54, 1.807) is 4.90 Å². The first-order valence-electron chi connectivity index (χ1n) is 6.68. The van der Waals surface area contributed by atoms with E-state index in [9.17, 15) is 13.6 Å². The van der Waals surface area contributed by atoms with Gasteiger partial charge in [0.1, 0.15) is 0 Å². The van der Waals surface area contributed by atoms with Crippen molar-refractivity contribution in [3.05, 3.63) is 47.5 Å². The normalized spacial score (nSPS) is 21.2. The van der Waals surface area contributed by atoms with E-state index < -0.39 is 11.6 Å². The van der Waals surface area contributed by atoms with Gasteiger partial charge < -0.3 is 10.6 Å². The molecule has 1 aliphatic carbocycles. The van der Waals surface area contributed by atoms with Crippen molar-refractivity contribution in [1.29, 1.82) is 0 Å². The van der Waals surface area contributed by atoms with E-state index >= 15 is 0 Å². The van der Waals surface area contributed by atoms with E-state index in [1.807, 2.05) is 19.1 Å². The van der Waals surface area contributed by atoms with Crippen LogP contribution in [0.15, 0.2) is 30.4 Å². The average Bonchev–Trinajstić information content (AvgIpc) is 2.86. The Bertz CT molecular complexity index is 531. The van der Waals surface area contributed by atoms with Crippen molar-refractivity contribution in [2.75, 3.05) is 6.54 Å². The number of nitrogens with zero attached hydrogens (tertiary/aromatic N) is 1. The van der Waals surface area contributed by atoms with Crippen molar-refractivity contribution >= 4 is 5.91 Å². The lowest BCUT2D eigenvalue weighted by Gasteiger charge is -2.24. The van der Waals surface area contributed by atoms with E-state index in [4.69, 9.17) is 5.73 Å². The third kappa shape index (κ3) is 3.22. The maximum atomic E-state index is 13.2. The van der Waals surface area contributed by atoms with Gasteiger partial charge >= 0.3 is 0 Å². The number of hydrogen-bond acceptors (Lipinski definition) is 2. The van der Waals surface area contributed by atoms with Crippen LogP contribution >= 0.6 is 0 Å². The van der Waals surface area contributed by atoms with Crippen LogP contribution in [0, 0.1) is 17.6 Å². The molecular formula is C15H18F2N2O. The molecule has 0 saturated heterocycles. The van der Waals surface area contributed by atoms with Crippen LogP contribution in [0.25, 0.3) is 0 Å². The van der Waals surface area contributed by atoms with Crippen LogP contribution < -0.4 is 5.73 Å². The fourth-order valence-corrected chi connectivity index (χ4v) is 2.35. The highest BCUT2D eigenvalue weighted by Crippen LogP contribution is 2.20. The summed E-state index contributed by atoms with van der Waals surface area (Å²) in [4.78, 5) is 14.0. The summed E-state index contributed by atoms with van der Waals surface area (Å²) < 4.78 is 26.1. The lowest BCUT2D eigenvalue weighted by atomic mass is 10.1. The van der Waals surface area contributed by atoms with Crippen LogP contribution in [0.2, 0.25) is 0 Å². The van der Waals surface area contributed by atoms with E-state index in [0.29, 0.717) is 18.5 Å². The number of benzene rings is 1. The second kappa shape index (κ2) is 6.13. The molecule has 0 fully saturated rings. The van der Waals surface area contributed by atoms with Gasteiger partial charge in [-0.1, -0.05) is 18.2 Å². The van der Waals surface area contributed by atoms with Crippen LogP contribution in [0.5, 0.6) is 0 Å². The van der Waals surface area contributed by atoms with Gasteiger partial charge in [-0.2, -0.15) is 0 Å². The Morgan fingerprint density at radius 2 is 2.10 bits per heavy atom. The van der Waals surface area contributed by atoms with Crippen molar-refractivity contribution < 1.29 is 13.6 Å². The summed E-state index contributed by atoms with van der Waals surface area (Å²) in [7, 11) is 0. The molecule has 2 atom stereocenters. The molecule has 0 saturated carbocycles. The molecule has 0 heterocycles. The summed E-state index contributed by atoms with van der Waals surface area (Å²) in [5.41, 5.74) is 6.32. The van der Waals surface area contributed by atoms with Gasteiger partial charge in [0.15, 0.2) is 11.6 Å². The molecule has 1 aromatic carbocycles. The van der Waals surface area contributed by atoms with Crippen molar-refractivity contribution in [2.45, 2.75) is 25.9 Å². The van der Waals surface area contributed by atoms with E-state index in [-0.39, 0.29) is 24.4 Å². The summed E-state index contributed by atoms with van der Waals surface area (Å²) in [5, 5.41) is 0. The second-order valence-corrected chi connectivity index (χ2v) is 4.99. The predicted molar refractivity (Wildman–Crippen MR) is 72.7 cm³/mol. The molecule has 0 aliphatic heterocycles.